The minimum atomic E-state index is -1.61. The molecule has 0 amide bonds. The van der Waals surface area contributed by atoms with E-state index in [1.165, 1.54) is 0 Å². The topological polar surface area (TPSA) is 179 Å². The summed E-state index contributed by atoms with van der Waals surface area (Å²) in [4.78, 5) is 0. The van der Waals surface area contributed by atoms with Crippen molar-refractivity contribution in [3.63, 3.8) is 0 Å². The van der Waals surface area contributed by atoms with E-state index in [0.29, 0.717) is 24.2 Å². The highest BCUT2D eigenvalue weighted by Gasteiger charge is 2.73. The van der Waals surface area contributed by atoms with Crippen LogP contribution in [-0.2, 0) is 18.9 Å². The Hall–Kier alpha value is -0.440. The molecule has 0 aromatic rings. The lowest BCUT2D eigenvalue weighted by atomic mass is 9.42. The molecule has 3 aliphatic heterocycles. The number of aliphatic hydroxyl groups is 7. The van der Waals surface area contributed by atoms with Gasteiger partial charge in [-0.15, -0.1) is 0 Å². The molecule has 0 aromatic carbocycles. The minimum Gasteiger partial charge on any atom is -0.394 e. The van der Waals surface area contributed by atoms with Gasteiger partial charge in [-0.2, -0.15) is 0 Å². The molecule has 1 spiro atoms. The van der Waals surface area contributed by atoms with Gasteiger partial charge in [0.1, 0.15) is 30.5 Å². The fourth-order valence-corrected chi connectivity index (χ4v) is 11.9. The second-order valence-corrected chi connectivity index (χ2v) is 16.2. The van der Waals surface area contributed by atoms with Crippen molar-refractivity contribution in [1.82, 2.24) is 0 Å². The molecule has 7 N–H and O–H groups in total. The monoisotopic (exact) mass is 626 g/mol. The maximum atomic E-state index is 11.8. The standard InChI is InChI=1S/C33H54O11/c1-15-5-10-33(41-14-15)16(2)23-21(43-33)11-19-17-6-9-32(44-29-27(39)26(38)25(37)22(13-34)42-29)12-20(35)24(36)28(40)31(32,4)18(17)7-8-30(19,23)3/h15-29,34-40H,5-14H2,1-4H3/t15-,16-,17?,18?,19-,20+,21-,22+,23?,24+,25+,26-,27+,28+,29-,30-,31-,32-,33+/m0/s1. The Kier molecular flexibility index (Phi) is 7.87. The molecule has 0 bridgehead atoms. The van der Waals surface area contributed by atoms with Crippen LogP contribution in [0.5, 0.6) is 0 Å². The van der Waals surface area contributed by atoms with Crippen molar-refractivity contribution in [2.24, 2.45) is 46.3 Å². The normalized spacial score (nSPS) is 62.1. The molecule has 0 radical (unpaired) electrons. The number of ether oxygens (including phenoxy) is 4. The number of hydrogen-bond acceptors (Lipinski definition) is 11. The Morgan fingerprint density at radius 3 is 2.27 bits per heavy atom. The van der Waals surface area contributed by atoms with Crippen LogP contribution < -0.4 is 0 Å². The Balaban J connectivity index is 1.19. The molecule has 7 rings (SSSR count). The van der Waals surface area contributed by atoms with Gasteiger partial charge >= 0.3 is 0 Å². The maximum absolute atomic E-state index is 11.8. The van der Waals surface area contributed by atoms with Gasteiger partial charge in [-0.1, -0.05) is 27.7 Å². The molecule has 11 nitrogen and oxygen atoms in total. The summed E-state index contributed by atoms with van der Waals surface area (Å²) < 4.78 is 25.7. The fourth-order valence-electron chi connectivity index (χ4n) is 11.9. The summed E-state index contributed by atoms with van der Waals surface area (Å²) in [5.74, 6) is 1.21. The molecule has 3 heterocycles. The van der Waals surface area contributed by atoms with Crippen LogP contribution in [0.1, 0.15) is 79.1 Å². The molecule has 7 aliphatic rings. The van der Waals surface area contributed by atoms with Crippen LogP contribution in [-0.4, -0.2) is 115 Å². The Bertz CT molecular complexity index is 1080. The lowest BCUT2D eigenvalue weighted by Gasteiger charge is -2.67. The third-order valence-electron chi connectivity index (χ3n) is 14.4. The van der Waals surface area contributed by atoms with Gasteiger partial charge in [-0.05, 0) is 73.5 Å². The summed E-state index contributed by atoms with van der Waals surface area (Å²) in [5, 5.41) is 75.4. The molecule has 7 fully saturated rings. The molecular weight excluding hydrogens is 572 g/mol. The maximum Gasteiger partial charge on any atom is 0.187 e. The van der Waals surface area contributed by atoms with Crippen molar-refractivity contribution in [3.8, 4) is 0 Å². The lowest BCUT2D eigenvalue weighted by Crippen LogP contribution is -2.74. The average molecular weight is 627 g/mol. The molecule has 4 saturated carbocycles. The summed E-state index contributed by atoms with van der Waals surface area (Å²) in [6.07, 6.45) is -5.18. The smallest absolute Gasteiger partial charge is 0.187 e. The van der Waals surface area contributed by atoms with Crippen molar-refractivity contribution < 1.29 is 54.7 Å². The van der Waals surface area contributed by atoms with E-state index in [2.05, 4.69) is 20.8 Å². The third kappa shape index (κ3) is 4.20. The predicted octanol–water partition coefficient (Wildman–Crippen LogP) is 0.675. The predicted molar refractivity (Wildman–Crippen MR) is 155 cm³/mol. The molecule has 252 valence electrons. The van der Waals surface area contributed by atoms with Crippen molar-refractivity contribution >= 4 is 0 Å². The summed E-state index contributed by atoms with van der Waals surface area (Å²) >= 11 is 0. The zero-order chi connectivity index (χ0) is 31.6. The van der Waals surface area contributed by atoms with E-state index in [1.54, 1.807) is 0 Å². The minimum absolute atomic E-state index is 0.0194. The Morgan fingerprint density at radius 1 is 0.841 bits per heavy atom. The quantitative estimate of drug-likeness (QED) is 0.219. The zero-order valence-electron chi connectivity index (χ0n) is 26.5. The first-order valence-corrected chi connectivity index (χ1v) is 17.1. The average Bonchev–Trinajstić information content (AvgIpc) is 3.44. The van der Waals surface area contributed by atoms with Crippen molar-refractivity contribution in [1.29, 1.82) is 0 Å². The lowest BCUT2D eigenvalue weighted by molar-refractivity contribution is -0.378. The first kappa shape index (κ1) is 32.1. The van der Waals surface area contributed by atoms with E-state index in [1.807, 2.05) is 6.92 Å². The summed E-state index contributed by atoms with van der Waals surface area (Å²) in [6, 6.07) is 0. The molecule has 3 unspecified atom stereocenters. The Labute approximate surface area is 259 Å². The van der Waals surface area contributed by atoms with Crippen LogP contribution >= 0.6 is 0 Å². The first-order chi connectivity index (χ1) is 20.7. The van der Waals surface area contributed by atoms with Crippen molar-refractivity contribution in [2.75, 3.05) is 13.2 Å². The second-order valence-electron chi connectivity index (χ2n) is 16.2. The number of aliphatic hydroxyl groups excluding tert-OH is 7. The highest BCUT2D eigenvalue weighted by atomic mass is 16.7. The summed E-state index contributed by atoms with van der Waals surface area (Å²) in [5.41, 5.74) is -2.17. The largest absolute Gasteiger partial charge is 0.394 e. The molecule has 44 heavy (non-hydrogen) atoms. The fraction of sp³-hybridized carbons (Fsp3) is 1.00. The van der Waals surface area contributed by atoms with Gasteiger partial charge in [0.2, 0.25) is 0 Å². The highest BCUT2D eigenvalue weighted by molar-refractivity contribution is 5.21. The van der Waals surface area contributed by atoms with Crippen LogP contribution in [0, 0.1) is 46.3 Å². The van der Waals surface area contributed by atoms with Crippen molar-refractivity contribution in [2.45, 2.75) is 146 Å². The third-order valence-corrected chi connectivity index (χ3v) is 14.4. The van der Waals surface area contributed by atoms with E-state index < -0.39 is 72.4 Å². The van der Waals surface area contributed by atoms with Crippen LogP contribution in [0.15, 0.2) is 0 Å². The molecule has 4 aliphatic carbocycles. The van der Waals surface area contributed by atoms with E-state index in [0.717, 1.165) is 45.1 Å². The van der Waals surface area contributed by atoms with Gasteiger partial charge < -0.3 is 54.7 Å². The summed E-state index contributed by atoms with van der Waals surface area (Å²) in [6.45, 7) is 9.05. The number of hydrogen-bond donors (Lipinski definition) is 7. The van der Waals surface area contributed by atoms with E-state index in [-0.39, 0.29) is 35.7 Å². The second kappa shape index (κ2) is 10.8. The molecule has 3 saturated heterocycles. The van der Waals surface area contributed by atoms with Gasteiger partial charge in [0.25, 0.3) is 0 Å². The van der Waals surface area contributed by atoms with E-state index >= 15 is 0 Å². The van der Waals surface area contributed by atoms with E-state index in [4.69, 9.17) is 18.9 Å². The molecule has 0 aromatic heterocycles. The number of fused-ring (bicyclic) bond motifs is 7. The highest BCUT2D eigenvalue weighted by Crippen LogP contribution is 2.72. The molecular formula is C33H54O11. The Morgan fingerprint density at radius 2 is 1.59 bits per heavy atom. The van der Waals surface area contributed by atoms with Gasteiger partial charge in [0.05, 0.1) is 37.1 Å². The number of rotatable bonds is 3. The van der Waals surface area contributed by atoms with Crippen LogP contribution in [0.3, 0.4) is 0 Å². The van der Waals surface area contributed by atoms with E-state index in [9.17, 15) is 35.7 Å². The van der Waals surface area contributed by atoms with Gasteiger partial charge in [-0.25, -0.2) is 0 Å². The van der Waals surface area contributed by atoms with Gasteiger partial charge in [0.15, 0.2) is 12.1 Å². The van der Waals surface area contributed by atoms with Crippen molar-refractivity contribution in [3.05, 3.63) is 0 Å². The summed E-state index contributed by atoms with van der Waals surface area (Å²) in [7, 11) is 0. The van der Waals surface area contributed by atoms with Gasteiger partial charge in [-0.3, -0.25) is 0 Å². The SMILES string of the molecule is C[C@H]1CC[C@@]2(OC1)O[C@H]1C[C@H]3C4CC[C@]5(O[C@@H]6O[C@H](CO)[C@@H](O)[C@H](O)[C@H]6O)C[C@@H](O)[C@@H](O)[C@@H](O)[C@]5(C)C4CC[C@]3(C)C1[C@@H]2C. The van der Waals surface area contributed by atoms with Crippen LogP contribution in [0.2, 0.25) is 0 Å². The zero-order valence-corrected chi connectivity index (χ0v) is 26.5. The molecule has 19 atom stereocenters. The van der Waals surface area contributed by atoms with Crippen LogP contribution in [0.25, 0.3) is 0 Å². The van der Waals surface area contributed by atoms with Gasteiger partial charge in [0, 0.05) is 24.2 Å². The van der Waals surface area contributed by atoms with Crippen LogP contribution in [0.4, 0.5) is 0 Å². The first-order valence-electron chi connectivity index (χ1n) is 17.1. The molecule has 11 heteroatoms.